The van der Waals surface area contributed by atoms with Crippen LogP contribution in [0.3, 0.4) is 0 Å². The van der Waals surface area contributed by atoms with Crippen molar-refractivity contribution in [2.45, 2.75) is 0 Å². The highest BCUT2D eigenvalue weighted by Crippen LogP contribution is 2.22. The van der Waals surface area contributed by atoms with Crippen LogP contribution in [0.1, 0.15) is 10.4 Å². The van der Waals surface area contributed by atoms with Gasteiger partial charge in [-0.1, -0.05) is 0 Å². The summed E-state index contributed by atoms with van der Waals surface area (Å²) in [6, 6.07) is 1.80. The van der Waals surface area contributed by atoms with E-state index in [2.05, 4.69) is 20.9 Å². The molecule has 1 heterocycles. The number of nitrogens with zero attached hydrogens (tertiary/aromatic N) is 2. The maximum absolute atomic E-state index is 10.7. The van der Waals surface area contributed by atoms with Crippen molar-refractivity contribution in [2.24, 2.45) is 0 Å². The molecule has 0 amide bonds. The van der Waals surface area contributed by atoms with Gasteiger partial charge in [-0.3, -0.25) is 4.79 Å². The van der Waals surface area contributed by atoms with E-state index in [0.717, 1.165) is 12.0 Å². The fraction of sp³-hybridized carbons (Fsp3) is 0.250. The van der Waals surface area contributed by atoms with Crippen molar-refractivity contribution in [3.63, 3.8) is 0 Å². The molecule has 1 aromatic heterocycles. The minimum absolute atomic E-state index is 0.586. The largest absolute Gasteiger partial charge is 0.377 e. The lowest BCUT2D eigenvalue weighted by Crippen LogP contribution is -2.11. The van der Waals surface area contributed by atoms with Crippen LogP contribution in [0.2, 0.25) is 0 Å². The van der Waals surface area contributed by atoms with E-state index in [1.807, 2.05) is 19.0 Å². The molecule has 0 aliphatic carbocycles. The van der Waals surface area contributed by atoms with E-state index < -0.39 is 0 Å². The smallest absolute Gasteiger partial charge is 0.154 e. The zero-order valence-electron chi connectivity index (χ0n) is 6.91. The van der Waals surface area contributed by atoms with Crippen LogP contribution in [0, 0.1) is 0 Å². The Labute approximate surface area is 79.5 Å². The van der Waals surface area contributed by atoms with Gasteiger partial charge in [-0.05, 0) is 22.0 Å². The number of halogens is 1. The van der Waals surface area contributed by atoms with Crippen LogP contribution in [0.5, 0.6) is 0 Å². The number of rotatable bonds is 2. The Morgan fingerprint density at radius 1 is 1.58 bits per heavy atom. The Hall–Kier alpha value is -0.900. The Bertz CT molecular complexity index is 299. The molecule has 0 N–H and O–H groups in total. The van der Waals surface area contributed by atoms with Gasteiger partial charge >= 0.3 is 0 Å². The molecule has 0 bridgehead atoms. The average molecular weight is 229 g/mol. The number of anilines is 1. The molecule has 0 radical (unpaired) electrons. The van der Waals surface area contributed by atoms with Gasteiger partial charge in [0, 0.05) is 20.3 Å². The number of carbonyl (C=O) groups excluding carboxylic acids is 1. The second-order valence-corrected chi connectivity index (χ2v) is 3.30. The topological polar surface area (TPSA) is 33.2 Å². The maximum atomic E-state index is 10.7. The number of pyridine rings is 1. The van der Waals surface area contributed by atoms with Crippen molar-refractivity contribution in [3.05, 3.63) is 22.4 Å². The van der Waals surface area contributed by atoms with Crippen molar-refractivity contribution in [3.8, 4) is 0 Å². The zero-order valence-corrected chi connectivity index (χ0v) is 8.50. The van der Waals surface area contributed by atoms with Gasteiger partial charge in [0.25, 0.3) is 0 Å². The third-order valence-corrected chi connectivity index (χ3v) is 2.15. The number of aromatic nitrogens is 1. The standard InChI is InChI=1S/C8H9BrN2O/c1-11(2)7-3-4-10-8(9)6(7)5-12/h3-5H,1-2H3. The molecule has 0 aliphatic heterocycles. The lowest BCUT2D eigenvalue weighted by Gasteiger charge is -2.14. The summed E-state index contributed by atoms with van der Waals surface area (Å²) in [7, 11) is 3.77. The third-order valence-electron chi connectivity index (χ3n) is 1.52. The average Bonchev–Trinajstić information content (AvgIpc) is 2.03. The van der Waals surface area contributed by atoms with E-state index in [1.54, 1.807) is 12.3 Å². The van der Waals surface area contributed by atoms with E-state index in [9.17, 15) is 4.79 Å². The van der Waals surface area contributed by atoms with Crippen LogP contribution in [0.25, 0.3) is 0 Å². The molecule has 1 aromatic rings. The molecule has 4 heteroatoms. The fourth-order valence-electron chi connectivity index (χ4n) is 0.937. The van der Waals surface area contributed by atoms with Gasteiger partial charge < -0.3 is 4.90 Å². The minimum Gasteiger partial charge on any atom is -0.377 e. The highest BCUT2D eigenvalue weighted by atomic mass is 79.9. The summed E-state index contributed by atoms with van der Waals surface area (Å²) in [5.74, 6) is 0. The van der Waals surface area contributed by atoms with Crippen LogP contribution in [0.4, 0.5) is 5.69 Å². The summed E-state index contributed by atoms with van der Waals surface area (Å²) in [6.07, 6.45) is 2.46. The SMILES string of the molecule is CN(C)c1ccnc(Br)c1C=O. The maximum Gasteiger partial charge on any atom is 0.154 e. The lowest BCUT2D eigenvalue weighted by molar-refractivity contribution is 0.112. The second-order valence-electron chi connectivity index (χ2n) is 2.55. The number of aldehydes is 1. The van der Waals surface area contributed by atoms with Crippen LogP contribution in [0.15, 0.2) is 16.9 Å². The molecular weight excluding hydrogens is 220 g/mol. The van der Waals surface area contributed by atoms with Crippen LogP contribution in [-0.2, 0) is 0 Å². The molecule has 0 saturated carbocycles. The van der Waals surface area contributed by atoms with Crippen LogP contribution < -0.4 is 4.90 Å². The van der Waals surface area contributed by atoms with Gasteiger partial charge in [-0.15, -0.1) is 0 Å². The molecule has 0 fully saturated rings. The summed E-state index contributed by atoms with van der Waals surface area (Å²) < 4.78 is 0.587. The monoisotopic (exact) mass is 228 g/mol. The van der Waals surface area contributed by atoms with Crippen molar-refractivity contribution in [1.82, 2.24) is 4.98 Å². The molecule has 0 aromatic carbocycles. The Morgan fingerprint density at radius 2 is 2.25 bits per heavy atom. The summed E-state index contributed by atoms with van der Waals surface area (Å²) in [4.78, 5) is 16.5. The van der Waals surface area contributed by atoms with Crippen LogP contribution >= 0.6 is 15.9 Å². The van der Waals surface area contributed by atoms with Crippen molar-refractivity contribution in [2.75, 3.05) is 19.0 Å². The Kier molecular flexibility index (Phi) is 2.81. The first kappa shape index (κ1) is 9.19. The third kappa shape index (κ3) is 1.64. The van der Waals surface area contributed by atoms with Crippen molar-refractivity contribution < 1.29 is 4.79 Å². The Morgan fingerprint density at radius 3 is 2.67 bits per heavy atom. The van der Waals surface area contributed by atoms with Gasteiger partial charge in [0.1, 0.15) is 4.60 Å². The van der Waals surface area contributed by atoms with Crippen LogP contribution in [-0.4, -0.2) is 25.4 Å². The molecule has 0 saturated heterocycles. The fourth-order valence-corrected chi connectivity index (χ4v) is 1.35. The molecule has 3 nitrogen and oxygen atoms in total. The lowest BCUT2D eigenvalue weighted by atomic mass is 10.2. The first-order valence-electron chi connectivity index (χ1n) is 3.44. The predicted octanol–water partition coefficient (Wildman–Crippen LogP) is 1.72. The van der Waals surface area contributed by atoms with E-state index in [0.29, 0.717) is 10.2 Å². The van der Waals surface area contributed by atoms with E-state index in [-0.39, 0.29) is 0 Å². The van der Waals surface area contributed by atoms with Crippen molar-refractivity contribution in [1.29, 1.82) is 0 Å². The minimum atomic E-state index is 0.586. The van der Waals surface area contributed by atoms with Gasteiger partial charge in [-0.25, -0.2) is 4.98 Å². The molecule has 0 aliphatic rings. The molecule has 0 atom stereocenters. The molecule has 0 spiro atoms. The van der Waals surface area contributed by atoms with Gasteiger partial charge in [0.15, 0.2) is 6.29 Å². The summed E-state index contributed by atoms with van der Waals surface area (Å²) in [6.45, 7) is 0. The Balaban J connectivity index is 3.27. The summed E-state index contributed by atoms with van der Waals surface area (Å²) in [5.41, 5.74) is 1.45. The summed E-state index contributed by atoms with van der Waals surface area (Å²) >= 11 is 3.21. The van der Waals surface area contributed by atoms with Crippen molar-refractivity contribution >= 4 is 27.9 Å². The first-order chi connectivity index (χ1) is 5.66. The quantitative estimate of drug-likeness (QED) is 0.571. The molecule has 64 valence electrons. The number of hydrogen-bond acceptors (Lipinski definition) is 3. The van der Waals surface area contributed by atoms with E-state index in [1.165, 1.54) is 0 Å². The first-order valence-corrected chi connectivity index (χ1v) is 4.23. The second kappa shape index (κ2) is 3.67. The zero-order chi connectivity index (χ0) is 9.14. The molecule has 0 unspecified atom stereocenters. The highest BCUT2D eigenvalue weighted by molar-refractivity contribution is 9.10. The number of hydrogen-bond donors (Lipinski definition) is 0. The highest BCUT2D eigenvalue weighted by Gasteiger charge is 2.07. The van der Waals surface area contributed by atoms with E-state index in [4.69, 9.17) is 0 Å². The molecule has 1 rings (SSSR count). The van der Waals surface area contributed by atoms with Gasteiger partial charge in [-0.2, -0.15) is 0 Å². The van der Waals surface area contributed by atoms with Gasteiger partial charge in [0.05, 0.1) is 11.3 Å². The molecule has 12 heavy (non-hydrogen) atoms. The summed E-state index contributed by atoms with van der Waals surface area (Å²) in [5, 5.41) is 0. The normalized spacial score (nSPS) is 9.58. The predicted molar refractivity (Wildman–Crippen MR) is 51.7 cm³/mol. The molecular formula is C8H9BrN2O. The van der Waals surface area contributed by atoms with Gasteiger partial charge in [0.2, 0.25) is 0 Å². The number of carbonyl (C=O) groups is 1. The van der Waals surface area contributed by atoms with E-state index >= 15 is 0 Å².